The van der Waals surface area contributed by atoms with Gasteiger partial charge in [0.15, 0.2) is 5.79 Å². The number of hydrogen-bond acceptors (Lipinski definition) is 2. The van der Waals surface area contributed by atoms with E-state index < -0.39 is 5.79 Å². The zero-order valence-electron chi connectivity index (χ0n) is 6.97. The Morgan fingerprint density at radius 2 is 2.00 bits per heavy atom. The molecule has 58 valence electrons. The molecule has 0 unspecified atom stereocenters. The molecular weight excluding hydrogens is 128 g/mol. The second kappa shape index (κ2) is 3.60. The number of terminal acetylenes is 1. The van der Waals surface area contributed by atoms with E-state index in [4.69, 9.17) is 15.9 Å². The van der Waals surface area contributed by atoms with Crippen LogP contribution in [0.25, 0.3) is 0 Å². The van der Waals surface area contributed by atoms with E-state index in [1.807, 2.05) is 13.8 Å². The summed E-state index contributed by atoms with van der Waals surface area (Å²) in [5.74, 6) is 1.88. The predicted octanol–water partition coefficient (Wildman–Crippen LogP) is 1.41. The first kappa shape index (κ1) is 9.48. The molecule has 0 fully saturated rings. The monoisotopic (exact) mass is 142 g/mol. The van der Waals surface area contributed by atoms with E-state index >= 15 is 0 Å². The van der Waals surface area contributed by atoms with Gasteiger partial charge in [-0.25, -0.2) is 0 Å². The Hall–Kier alpha value is -0.520. The Balaban J connectivity index is 3.79. The quantitative estimate of drug-likeness (QED) is 0.438. The Labute approximate surface area is 62.5 Å². The topological polar surface area (TPSA) is 18.5 Å². The van der Waals surface area contributed by atoms with Crippen molar-refractivity contribution in [3.63, 3.8) is 0 Å². The highest BCUT2D eigenvalue weighted by atomic mass is 16.7. The molecule has 0 bridgehead atoms. The van der Waals surface area contributed by atoms with Gasteiger partial charge in [-0.1, -0.05) is 5.92 Å². The molecule has 1 atom stereocenters. The van der Waals surface area contributed by atoms with Gasteiger partial charge >= 0.3 is 0 Å². The van der Waals surface area contributed by atoms with Crippen molar-refractivity contribution in [2.45, 2.75) is 32.7 Å². The third kappa shape index (κ3) is 3.49. The maximum Gasteiger partial charge on any atom is 0.164 e. The van der Waals surface area contributed by atoms with Gasteiger partial charge in [0.25, 0.3) is 0 Å². The summed E-state index contributed by atoms with van der Waals surface area (Å²) in [6.07, 6.45) is 4.90. The highest BCUT2D eigenvalue weighted by molar-refractivity contribution is 4.92. The number of ether oxygens (including phenoxy) is 2. The van der Waals surface area contributed by atoms with Gasteiger partial charge in [0, 0.05) is 7.11 Å². The van der Waals surface area contributed by atoms with E-state index in [2.05, 4.69) is 5.92 Å². The van der Waals surface area contributed by atoms with Gasteiger partial charge in [-0.3, -0.25) is 0 Å². The standard InChI is InChI=1S/C8H14O2/c1-6-7(2)10-8(3,4)9-5/h1,7H,2-5H3/t7-/m1/s1. The van der Waals surface area contributed by atoms with Gasteiger partial charge in [0.2, 0.25) is 0 Å². The first-order valence-electron chi connectivity index (χ1n) is 3.21. The molecule has 0 rings (SSSR count). The Kier molecular flexibility index (Phi) is 3.41. The molecule has 0 amide bonds. The lowest BCUT2D eigenvalue weighted by Gasteiger charge is -2.25. The summed E-state index contributed by atoms with van der Waals surface area (Å²) in [4.78, 5) is 0. The van der Waals surface area contributed by atoms with E-state index in [0.717, 1.165) is 0 Å². The summed E-state index contributed by atoms with van der Waals surface area (Å²) in [5.41, 5.74) is 0. The highest BCUT2D eigenvalue weighted by Gasteiger charge is 2.18. The van der Waals surface area contributed by atoms with Crippen LogP contribution in [0.2, 0.25) is 0 Å². The van der Waals surface area contributed by atoms with Crippen LogP contribution in [0.3, 0.4) is 0 Å². The van der Waals surface area contributed by atoms with E-state index in [-0.39, 0.29) is 6.10 Å². The molecule has 0 N–H and O–H groups in total. The summed E-state index contributed by atoms with van der Waals surface area (Å²) in [6, 6.07) is 0. The molecule has 2 nitrogen and oxygen atoms in total. The van der Waals surface area contributed by atoms with Crippen molar-refractivity contribution in [3.8, 4) is 12.3 Å². The van der Waals surface area contributed by atoms with Gasteiger partial charge in [-0.15, -0.1) is 6.42 Å². The molecule has 0 spiro atoms. The van der Waals surface area contributed by atoms with Crippen molar-refractivity contribution < 1.29 is 9.47 Å². The molecule has 0 radical (unpaired) electrons. The lowest BCUT2D eigenvalue weighted by molar-refractivity contribution is -0.208. The Morgan fingerprint density at radius 1 is 1.50 bits per heavy atom. The largest absolute Gasteiger partial charge is 0.354 e. The summed E-state index contributed by atoms with van der Waals surface area (Å²) in [7, 11) is 1.59. The average Bonchev–Trinajstić information content (AvgIpc) is 1.87. The molecular formula is C8H14O2. The van der Waals surface area contributed by atoms with Crippen LogP contribution in [-0.2, 0) is 9.47 Å². The van der Waals surface area contributed by atoms with Gasteiger partial charge in [0.05, 0.1) is 0 Å². The van der Waals surface area contributed by atoms with Crippen LogP contribution >= 0.6 is 0 Å². The number of hydrogen-bond donors (Lipinski definition) is 0. The molecule has 0 aliphatic carbocycles. The maximum atomic E-state index is 5.28. The van der Waals surface area contributed by atoms with Crippen LogP contribution in [0.1, 0.15) is 20.8 Å². The van der Waals surface area contributed by atoms with Crippen LogP contribution < -0.4 is 0 Å². The fourth-order valence-electron chi connectivity index (χ4n) is 0.508. The third-order valence-corrected chi connectivity index (χ3v) is 1.19. The SMILES string of the molecule is C#C[C@@H](C)OC(C)(C)OC. The third-order valence-electron chi connectivity index (χ3n) is 1.19. The summed E-state index contributed by atoms with van der Waals surface area (Å²) in [5, 5.41) is 0. The van der Waals surface area contributed by atoms with Crippen molar-refractivity contribution in [2.75, 3.05) is 7.11 Å². The molecule has 0 aliphatic heterocycles. The average molecular weight is 142 g/mol. The van der Waals surface area contributed by atoms with E-state index in [9.17, 15) is 0 Å². The first-order valence-corrected chi connectivity index (χ1v) is 3.21. The summed E-state index contributed by atoms with van der Waals surface area (Å²) < 4.78 is 10.3. The van der Waals surface area contributed by atoms with Gasteiger partial charge in [-0.05, 0) is 20.8 Å². The molecule has 2 heteroatoms. The van der Waals surface area contributed by atoms with E-state index in [0.29, 0.717) is 0 Å². The molecule has 0 aromatic heterocycles. The van der Waals surface area contributed by atoms with Crippen molar-refractivity contribution in [1.29, 1.82) is 0 Å². The second-order valence-corrected chi connectivity index (χ2v) is 2.53. The molecule has 0 saturated carbocycles. The van der Waals surface area contributed by atoms with Crippen LogP contribution in [0.4, 0.5) is 0 Å². The van der Waals surface area contributed by atoms with E-state index in [1.54, 1.807) is 14.0 Å². The minimum absolute atomic E-state index is 0.199. The van der Waals surface area contributed by atoms with Crippen molar-refractivity contribution in [1.82, 2.24) is 0 Å². The molecule has 0 aromatic carbocycles. The Morgan fingerprint density at radius 3 is 2.30 bits per heavy atom. The molecule has 10 heavy (non-hydrogen) atoms. The lowest BCUT2D eigenvalue weighted by Crippen LogP contribution is -2.30. The van der Waals surface area contributed by atoms with Gasteiger partial charge in [-0.2, -0.15) is 0 Å². The molecule has 0 aliphatic rings. The van der Waals surface area contributed by atoms with Crippen LogP contribution in [0.5, 0.6) is 0 Å². The number of methoxy groups -OCH3 is 1. The molecule has 0 heterocycles. The molecule has 0 saturated heterocycles. The maximum absolute atomic E-state index is 5.28. The minimum Gasteiger partial charge on any atom is -0.354 e. The van der Waals surface area contributed by atoms with Crippen LogP contribution in [0, 0.1) is 12.3 Å². The summed E-state index contributed by atoms with van der Waals surface area (Å²) in [6.45, 7) is 5.45. The van der Waals surface area contributed by atoms with Crippen LogP contribution in [-0.4, -0.2) is 19.0 Å². The minimum atomic E-state index is -0.578. The zero-order chi connectivity index (χ0) is 8.20. The van der Waals surface area contributed by atoms with Crippen molar-refractivity contribution in [2.24, 2.45) is 0 Å². The normalized spacial score (nSPS) is 14.3. The van der Waals surface area contributed by atoms with Gasteiger partial charge < -0.3 is 9.47 Å². The smallest absolute Gasteiger partial charge is 0.164 e. The first-order chi connectivity index (χ1) is 4.52. The lowest BCUT2D eigenvalue weighted by atomic mass is 10.3. The highest BCUT2D eigenvalue weighted by Crippen LogP contribution is 2.11. The van der Waals surface area contributed by atoms with Crippen molar-refractivity contribution in [3.05, 3.63) is 0 Å². The fourth-order valence-corrected chi connectivity index (χ4v) is 0.508. The van der Waals surface area contributed by atoms with E-state index in [1.165, 1.54) is 0 Å². The number of rotatable bonds is 3. The Bertz CT molecular complexity index is 133. The predicted molar refractivity (Wildman–Crippen MR) is 40.5 cm³/mol. The summed E-state index contributed by atoms with van der Waals surface area (Å²) >= 11 is 0. The fraction of sp³-hybridized carbons (Fsp3) is 0.750. The van der Waals surface area contributed by atoms with Crippen LogP contribution in [0.15, 0.2) is 0 Å². The van der Waals surface area contributed by atoms with Crippen molar-refractivity contribution >= 4 is 0 Å². The second-order valence-electron chi connectivity index (χ2n) is 2.53. The van der Waals surface area contributed by atoms with Gasteiger partial charge in [0.1, 0.15) is 6.10 Å². The molecule has 0 aromatic rings. The zero-order valence-corrected chi connectivity index (χ0v) is 6.97.